The summed E-state index contributed by atoms with van der Waals surface area (Å²) in [4.78, 5) is 188. The summed E-state index contributed by atoms with van der Waals surface area (Å²) >= 11 is 6.11. The van der Waals surface area contributed by atoms with E-state index in [4.69, 9.17) is 11.6 Å². The van der Waals surface area contributed by atoms with Crippen LogP contribution < -0.4 is 16.0 Å². The average molecular weight is 1400 g/mol. The minimum atomic E-state index is -4.78. The Labute approximate surface area is 580 Å². The number of halogens is 4. The van der Waals surface area contributed by atoms with E-state index in [1.165, 1.54) is 113 Å². The average Bonchev–Trinajstić information content (AvgIpc) is 1.17. The molecule has 2 aromatic carbocycles. The predicted molar refractivity (Wildman–Crippen MR) is 363 cm³/mol. The summed E-state index contributed by atoms with van der Waals surface area (Å²) in [7, 11) is 12.5. The summed E-state index contributed by atoms with van der Waals surface area (Å²) in [6.07, 6.45) is -3.64. The van der Waals surface area contributed by atoms with Gasteiger partial charge in [-0.2, -0.15) is 13.2 Å². The number of rotatable bonds is 12. The van der Waals surface area contributed by atoms with Crippen LogP contribution in [-0.4, -0.2) is 251 Å². The fourth-order valence-electron chi connectivity index (χ4n) is 12.9. The van der Waals surface area contributed by atoms with E-state index in [-0.39, 0.29) is 63.0 Å². The third kappa shape index (κ3) is 19.1. The van der Waals surface area contributed by atoms with Gasteiger partial charge in [-0.25, -0.2) is 0 Å². The number of likely N-dealkylation sites (N-methyl/N-ethyl adjacent to an activating group) is 8. The lowest BCUT2D eigenvalue weighted by atomic mass is 9.90. The van der Waals surface area contributed by atoms with E-state index < -0.39 is 172 Å². The van der Waals surface area contributed by atoms with Gasteiger partial charge in [-0.1, -0.05) is 115 Å². The van der Waals surface area contributed by atoms with E-state index in [0.717, 1.165) is 32.4 Å². The highest BCUT2D eigenvalue weighted by Crippen LogP contribution is 2.37. The molecule has 3 fully saturated rings. The molecule has 544 valence electrons. The Hall–Kier alpha value is -7.84. The van der Waals surface area contributed by atoms with Crippen LogP contribution in [0.1, 0.15) is 142 Å². The zero-order valence-electron chi connectivity index (χ0n) is 60.3. The lowest BCUT2D eigenvalue weighted by Crippen LogP contribution is -2.65. The van der Waals surface area contributed by atoms with Gasteiger partial charge < -0.3 is 60.0 Å². The van der Waals surface area contributed by atoms with Crippen LogP contribution in [0.4, 0.5) is 13.2 Å². The van der Waals surface area contributed by atoms with Crippen molar-refractivity contribution in [2.75, 3.05) is 76.5 Å². The molecule has 28 heteroatoms. The Balaban J connectivity index is 1.64. The number of fused-ring (bicyclic) bond motifs is 1. The second kappa shape index (κ2) is 34.3. The lowest BCUT2D eigenvalue weighted by Gasteiger charge is -2.45. The highest BCUT2D eigenvalue weighted by Gasteiger charge is 2.50. The molecule has 1 unspecified atom stereocenters. The van der Waals surface area contributed by atoms with Crippen LogP contribution in [0.25, 0.3) is 0 Å². The van der Waals surface area contributed by atoms with E-state index in [1.807, 2.05) is 46.8 Å². The van der Waals surface area contributed by atoms with Crippen LogP contribution in [0.2, 0.25) is 5.02 Å². The van der Waals surface area contributed by atoms with Gasteiger partial charge in [0.25, 0.3) is 0 Å². The SMILES string of the molecule is CC[C@H](C)[C@@H]1NC(=O)[C@H](CC(C)C)N(C)C(=O)C[C@@H](C(=O)N(C)C)N(C)C(=O)[C@H]([C@@H](C)CC)N(C)C(=O)C2(CCCC2)NC(=O)[C@@H](C)N(C)C(=O)[C@H](CCc2ccc(C(F)(F)F)c(Cl)c2)NC(=O)CN(C)C(=O)[C@H](Cc2ccc(C)cc2)N(C)C(=O)C2CCN2C(=O)[C@H](C)N(C)C1=O. The van der Waals surface area contributed by atoms with E-state index in [9.17, 15) is 61.1 Å². The maximum absolute atomic E-state index is 15.3. The van der Waals surface area contributed by atoms with Crippen molar-refractivity contribution in [2.24, 2.45) is 17.8 Å². The predicted octanol–water partition coefficient (Wildman–Crippen LogP) is 4.93. The molecular weight excluding hydrogens is 1290 g/mol. The third-order valence-corrected chi connectivity index (χ3v) is 20.5. The molecule has 1 aliphatic carbocycles. The standard InChI is InChI=1S/C70H104ClF3N12O12/c1-19-42(6)57-66(96)81(14)45(9)61(91)86-34-31-51(86)65(95)83(16)53(37-47-25-23-41(5)24-26-47)64(94)79(12)39-55(87)75-50(30-28-46-27-29-48(49(71)36-46)70(72,73)74)62(92)80(13)44(8)59(89)77-69(32-21-22-33-69)68(98)85(18)58(43(7)20-2)67(97)84(17)54(63(93)78(10)11)38-56(88)82(15)52(35-40(3)4)60(90)76-57/h23-27,29,36,40,42-45,50-54,57-58H,19-22,28,30-35,37-39H2,1-18H3,(H,75,87)(H,76,90)(H,77,89)/t42-,43-,44+,45-,50-,51?,52-,53-,54-,57-,58-/m0/s1. The Kier molecular flexibility index (Phi) is 28.3. The number of carbonyl (C=O) groups excluding carboxylic acids is 12. The maximum atomic E-state index is 15.3. The molecule has 2 saturated heterocycles. The number of amides is 12. The van der Waals surface area contributed by atoms with Gasteiger partial charge in [-0.05, 0) is 100 Å². The first-order chi connectivity index (χ1) is 45.7. The normalized spacial score (nSPS) is 25.7. The van der Waals surface area contributed by atoms with Gasteiger partial charge in [0, 0.05) is 76.4 Å². The fourth-order valence-corrected chi connectivity index (χ4v) is 13.2. The van der Waals surface area contributed by atoms with Crippen molar-refractivity contribution in [1.82, 2.24) is 60.0 Å². The van der Waals surface area contributed by atoms with Gasteiger partial charge in [0.15, 0.2) is 0 Å². The Morgan fingerprint density at radius 1 is 0.673 bits per heavy atom. The van der Waals surface area contributed by atoms with Crippen molar-refractivity contribution in [2.45, 2.75) is 205 Å². The zero-order valence-corrected chi connectivity index (χ0v) is 61.1. The van der Waals surface area contributed by atoms with Crippen molar-refractivity contribution in [3.8, 4) is 0 Å². The van der Waals surface area contributed by atoms with E-state index in [0.29, 0.717) is 31.2 Å². The fraction of sp³-hybridized carbons (Fsp3) is 0.657. The topological polar surface area (TPSA) is 270 Å². The molecule has 2 aliphatic heterocycles. The van der Waals surface area contributed by atoms with Gasteiger partial charge in [0.05, 0.1) is 23.6 Å². The summed E-state index contributed by atoms with van der Waals surface area (Å²) < 4.78 is 41.4. The first kappa shape index (κ1) is 80.8. The number of carbonyl (C=O) groups is 12. The van der Waals surface area contributed by atoms with Crippen molar-refractivity contribution in [3.05, 3.63) is 69.7 Å². The molecule has 11 atom stereocenters. The van der Waals surface area contributed by atoms with Gasteiger partial charge >= 0.3 is 6.18 Å². The van der Waals surface area contributed by atoms with Crippen LogP contribution in [0, 0.1) is 24.7 Å². The van der Waals surface area contributed by atoms with Crippen LogP contribution in [0.5, 0.6) is 0 Å². The summed E-state index contributed by atoms with van der Waals surface area (Å²) in [6, 6.07) is -1.38. The molecule has 12 amide bonds. The Morgan fingerprint density at radius 2 is 1.26 bits per heavy atom. The van der Waals surface area contributed by atoms with Crippen molar-refractivity contribution < 1.29 is 70.7 Å². The van der Waals surface area contributed by atoms with E-state index in [1.54, 1.807) is 26.0 Å². The molecule has 24 nitrogen and oxygen atoms in total. The second-order valence-corrected chi connectivity index (χ2v) is 28.3. The molecule has 0 aromatic heterocycles. The van der Waals surface area contributed by atoms with Gasteiger partial charge in [-0.3, -0.25) is 57.5 Å². The van der Waals surface area contributed by atoms with Crippen LogP contribution in [0.15, 0.2) is 42.5 Å². The van der Waals surface area contributed by atoms with Crippen molar-refractivity contribution in [3.63, 3.8) is 0 Å². The molecule has 98 heavy (non-hydrogen) atoms. The van der Waals surface area contributed by atoms with E-state index >= 15 is 9.59 Å². The largest absolute Gasteiger partial charge is 0.417 e. The number of alkyl halides is 3. The first-order valence-electron chi connectivity index (χ1n) is 33.8. The molecule has 1 spiro atoms. The van der Waals surface area contributed by atoms with Crippen molar-refractivity contribution >= 4 is 82.5 Å². The number of nitrogens with zero attached hydrogens (tertiary/aromatic N) is 9. The van der Waals surface area contributed by atoms with Gasteiger partial charge in [-0.15, -0.1) is 0 Å². The summed E-state index contributed by atoms with van der Waals surface area (Å²) in [5.41, 5.74) is -0.909. The number of hydrogen-bond donors (Lipinski definition) is 3. The first-order valence-corrected chi connectivity index (χ1v) is 34.2. The minimum Gasteiger partial charge on any atom is -0.347 e. The Morgan fingerprint density at radius 3 is 1.79 bits per heavy atom. The molecule has 5 rings (SSSR count). The zero-order chi connectivity index (χ0) is 73.9. The number of aryl methyl sites for hydroxylation is 2. The molecular formula is C70H104ClF3N12O12. The molecule has 3 N–H and O–H groups in total. The van der Waals surface area contributed by atoms with E-state index in [2.05, 4.69) is 16.0 Å². The van der Waals surface area contributed by atoms with Crippen LogP contribution in [0.3, 0.4) is 0 Å². The molecule has 1 saturated carbocycles. The molecule has 0 bridgehead atoms. The van der Waals surface area contributed by atoms with Gasteiger partial charge in [0.2, 0.25) is 70.9 Å². The molecule has 2 heterocycles. The lowest BCUT2D eigenvalue weighted by molar-refractivity contribution is -0.160. The third-order valence-electron chi connectivity index (χ3n) is 20.2. The van der Waals surface area contributed by atoms with Crippen LogP contribution >= 0.6 is 11.6 Å². The van der Waals surface area contributed by atoms with Gasteiger partial charge in [0.1, 0.15) is 59.9 Å². The maximum Gasteiger partial charge on any atom is 0.417 e. The highest BCUT2D eigenvalue weighted by atomic mass is 35.5. The quantitative estimate of drug-likeness (QED) is 0.255. The molecule has 0 radical (unpaired) electrons. The summed E-state index contributed by atoms with van der Waals surface area (Å²) in [6.45, 7) is 15.0. The van der Waals surface area contributed by atoms with Crippen molar-refractivity contribution in [1.29, 1.82) is 0 Å². The summed E-state index contributed by atoms with van der Waals surface area (Å²) in [5.74, 6) is -9.81. The summed E-state index contributed by atoms with van der Waals surface area (Å²) in [5, 5.41) is 7.89. The monoisotopic (exact) mass is 1400 g/mol. The molecule has 3 aliphatic rings. The number of benzene rings is 2. The smallest absolute Gasteiger partial charge is 0.347 e. The minimum absolute atomic E-state index is 0.0540. The second-order valence-electron chi connectivity index (χ2n) is 27.9. The Bertz CT molecular complexity index is 3260. The number of hydrogen-bond acceptors (Lipinski definition) is 12. The highest BCUT2D eigenvalue weighted by molar-refractivity contribution is 6.31. The van der Waals surface area contributed by atoms with Crippen LogP contribution in [-0.2, 0) is 76.6 Å². The molecule has 2 aromatic rings. The number of nitrogens with one attached hydrogen (secondary N) is 3.